The molecule has 0 aromatic heterocycles. The molecule has 1 N–H and O–H groups in total. The predicted molar refractivity (Wildman–Crippen MR) is 123 cm³/mol. The van der Waals surface area contributed by atoms with E-state index in [4.69, 9.17) is 11.6 Å². The molecule has 0 saturated carbocycles. The number of amides is 1. The highest BCUT2D eigenvalue weighted by molar-refractivity contribution is 7.99. The fourth-order valence-corrected chi connectivity index (χ4v) is 5.83. The van der Waals surface area contributed by atoms with E-state index in [1.54, 1.807) is 28.2 Å². The normalized spacial score (nSPS) is 15.5. The number of halogens is 1. The van der Waals surface area contributed by atoms with Crippen molar-refractivity contribution in [1.29, 1.82) is 0 Å². The molecule has 0 radical (unpaired) electrons. The molecular weight excluding hydrogens is 440 g/mol. The van der Waals surface area contributed by atoms with Crippen molar-refractivity contribution in [3.8, 4) is 0 Å². The number of hydrogen-bond donors (Lipinski definition) is 1. The minimum atomic E-state index is -3.58. The Kier molecular flexibility index (Phi) is 8.22. The highest BCUT2D eigenvalue weighted by Crippen LogP contribution is 2.23. The molecule has 162 valence electrons. The second-order valence-corrected chi connectivity index (χ2v) is 10.9. The molecule has 1 aliphatic heterocycles. The number of thioether (sulfide) groups is 1. The average Bonchev–Trinajstić information content (AvgIpc) is 3.03. The number of nitrogens with zero attached hydrogens (tertiary/aromatic N) is 1. The molecule has 8 heteroatoms. The maximum atomic E-state index is 13.0. The molecule has 0 spiro atoms. The largest absolute Gasteiger partial charge is 0.351 e. The van der Waals surface area contributed by atoms with Crippen LogP contribution in [0.5, 0.6) is 0 Å². The standard InChI is InChI=1S/C22H27ClN2O3S2/c1-17-6-11-20(30(27,28)25-13-4-2-3-5-14-25)16-21(17)22(26)24-12-15-29-19-9-7-18(23)8-10-19/h6-11,16H,2-5,12-15H2,1H3,(H,24,26). The van der Waals surface area contributed by atoms with Crippen molar-refractivity contribution in [2.75, 3.05) is 25.4 Å². The van der Waals surface area contributed by atoms with Gasteiger partial charge in [-0.05, 0) is 61.7 Å². The summed E-state index contributed by atoms with van der Waals surface area (Å²) in [5.74, 6) is 0.454. The van der Waals surface area contributed by atoms with E-state index >= 15 is 0 Å². The summed E-state index contributed by atoms with van der Waals surface area (Å²) < 4.78 is 27.6. The molecule has 1 fully saturated rings. The molecule has 1 amide bonds. The van der Waals surface area contributed by atoms with Crippen LogP contribution in [-0.4, -0.2) is 44.0 Å². The van der Waals surface area contributed by atoms with Gasteiger partial charge in [0.2, 0.25) is 10.0 Å². The van der Waals surface area contributed by atoms with Crippen LogP contribution in [0.3, 0.4) is 0 Å². The second-order valence-electron chi connectivity index (χ2n) is 7.35. The third kappa shape index (κ3) is 6.00. The number of sulfonamides is 1. The Bertz CT molecular complexity index is 970. The zero-order valence-electron chi connectivity index (χ0n) is 17.1. The van der Waals surface area contributed by atoms with Gasteiger partial charge in [0, 0.05) is 40.9 Å². The quantitative estimate of drug-likeness (QED) is 0.473. The highest BCUT2D eigenvalue weighted by Gasteiger charge is 2.26. The first-order chi connectivity index (χ1) is 14.4. The molecular formula is C22H27ClN2O3S2. The van der Waals surface area contributed by atoms with Crippen LogP contribution in [0.1, 0.15) is 41.6 Å². The van der Waals surface area contributed by atoms with Gasteiger partial charge in [-0.15, -0.1) is 11.8 Å². The summed E-state index contributed by atoms with van der Waals surface area (Å²) in [5, 5.41) is 3.59. The highest BCUT2D eigenvalue weighted by atomic mass is 35.5. The Labute approximate surface area is 188 Å². The monoisotopic (exact) mass is 466 g/mol. The van der Waals surface area contributed by atoms with Crippen molar-refractivity contribution in [3.05, 3.63) is 58.6 Å². The topological polar surface area (TPSA) is 66.5 Å². The van der Waals surface area contributed by atoms with E-state index in [9.17, 15) is 13.2 Å². The van der Waals surface area contributed by atoms with Gasteiger partial charge in [-0.2, -0.15) is 4.31 Å². The average molecular weight is 467 g/mol. The van der Waals surface area contributed by atoms with Crippen LogP contribution < -0.4 is 5.32 Å². The SMILES string of the molecule is Cc1ccc(S(=O)(=O)N2CCCCCC2)cc1C(=O)NCCSc1ccc(Cl)cc1. The first-order valence-corrected chi connectivity index (χ1v) is 13.0. The van der Waals surface area contributed by atoms with Crippen molar-refractivity contribution in [2.45, 2.75) is 42.4 Å². The predicted octanol–water partition coefficient (Wildman–Crippen LogP) is 4.74. The van der Waals surface area contributed by atoms with Gasteiger partial charge in [-0.25, -0.2) is 8.42 Å². The lowest BCUT2D eigenvalue weighted by Gasteiger charge is -2.20. The number of carbonyl (C=O) groups excluding carboxylic acids is 1. The summed E-state index contributed by atoms with van der Waals surface area (Å²) in [7, 11) is -3.58. The van der Waals surface area contributed by atoms with E-state index in [0.29, 0.717) is 36.0 Å². The molecule has 2 aromatic rings. The van der Waals surface area contributed by atoms with Gasteiger partial charge < -0.3 is 5.32 Å². The Hall–Kier alpha value is -1.54. The molecule has 1 aliphatic rings. The van der Waals surface area contributed by atoms with E-state index in [2.05, 4.69) is 5.32 Å². The van der Waals surface area contributed by atoms with Crippen LogP contribution >= 0.6 is 23.4 Å². The fourth-order valence-electron chi connectivity index (χ4n) is 3.40. The summed E-state index contributed by atoms with van der Waals surface area (Å²) in [4.78, 5) is 14.0. The summed E-state index contributed by atoms with van der Waals surface area (Å²) in [6, 6.07) is 12.4. The summed E-state index contributed by atoms with van der Waals surface area (Å²) >= 11 is 7.51. The summed E-state index contributed by atoms with van der Waals surface area (Å²) in [5.41, 5.74) is 1.16. The van der Waals surface area contributed by atoms with E-state index in [1.807, 2.05) is 31.2 Å². The summed E-state index contributed by atoms with van der Waals surface area (Å²) in [6.45, 7) is 3.38. The minimum absolute atomic E-state index is 0.190. The number of rotatable bonds is 7. The maximum Gasteiger partial charge on any atom is 0.251 e. The second kappa shape index (κ2) is 10.7. The van der Waals surface area contributed by atoms with Crippen LogP contribution in [0.2, 0.25) is 5.02 Å². The van der Waals surface area contributed by atoms with Crippen LogP contribution in [-0.2, 0) is 10.0 Å². The number of nitrogens with one attached hydrogen (secondary N) is 1. The number of aryl methyl sites for hydroxylation is 1. The van der Waals surface area contributed by atoms with Crippen LogP contribution in [0.15, 0.2) is 52.3 Å². The van der Waals surface area contributed by atoms with E-state index in [-0.39, 0.29) is 10.8 Å². The first kappa shape index (κ1) is 23.1. The van der Waals surface area contributed by atoms with Gasteiger partial charge >= 0.3 is 0 Å². The van der Waals surface area contributed by atoms with Crippen LogP contribution in [0.25, 0.3) is 0 Å². The third-order valence-corrected chi connectivity index (χ3v) is 8.29. The van der Waals surface area contributed by atoms with Gasteiger partial charge in [0.25, 0.3) is 5.91 Å². The zero-order valence-corrected chi connectivity index (χ0v) is 19.5. The van der Waals surface area contributed by atoms with Crippen molar-refractivity contribution >= 4 is 39.3 Å². The van der Waals surface area contributed by atoms with Gasteiger partial charge in [0.15, 0.2) is 0 Å². The Balaban J connectivity index is 1.63. The number of benzene rings is 2. The maximum absolute atomic E-state index is 13.0. The zero-order chi connectivity index (χ0) is 21.6. The molecule has 1 heterocycles. The lowest BCUT2D eigenvalue weighted by molar-refractivity contribution is 0.0955. The van der Waals surface area contributed by atoms with Crippen molar-refractivity contribution in [3.63, 3.8) is 0 Å². The van der Waals surface area contributed by atoms with Crippen LogP contribution in [0.4, 0.5) is 0 Å². The Morgan fingerprint density at radius 1 is 1.07 bits per heavy atom. The number of carbonyl (C=O) groups is 1. The first-order valence-electron chi connectivity index (χ1n) is 10.2. The van der Waals surface area contributed by atoms with E-state index in [1.165, 1.54) is 6.07 Å². The molecule has 5 nitrogen and oxygen atoms in total. The molecule has 30 heavy (non-hydrogen) atoms. The van der Waals surface area contributed by atoms with E-state index in [0.717, 1.165) is 36.1 Å². The molecule has 0 unspecified atom stereocenters. The van der Waals surface area contributed by atoms with Crippen LogP contribution in [0, 0.1) is 6.92 Å². The summed E-state index contributed by atoms with van der Waals surface area (Å²) in [6.07, 6.45) is 3.87. The fraction of sp³-hybridized carbons (Fsp3) is 0.409. The van der Waals surface area contributed by atoms with Gasteiger partial charge in [-0.1, -0.05) is 30.5 Å². The Morgan fingerprint density at radius 3 is 2.40 bits per heavy atom. The van der Waals surface area contributed by atoms with Gasteiger partial charge in [-0.3, -0.25) is 4.79 Å². The van der Waals surface area contributed by atoms with Crippen molar-refractivity contribution in [2.24, 2.45) is 0 Å². The van der Waals surface area contributed by atoms with Crippen molar-refractivity contribution < 1.29 is 13.2 Å². The molecule has 0 bridgehead atoms. The Morgan fingerprint density at radius 2 is 1.73 bits per heavy atom. The lowest BCUT2D eigenvalue weighted by Crippen LogP contribution is -2.32. The third-order valence-electron chi connectivity index (χ3n) is 5.13. The molecule has 1 saturated heterocycles. The van der Waals surface area contributed by atoms with Crippen molar-refractivity contribution in [1.82, 2.24) is 9.62 Å². The minimum Gasteiger partial charge on any atom is -0.351 e. The van der Waals surface area contributed by atoms with E-state index < -0.39 is 10.0 Å². The smallest absolute Gasteiger partial charge is 0.251 e. The number of hydrogen-bond acceptors (Lipinski definition) is 4. The molecule has 0 atom stereocenters. The molecule has 3 rings (SSSR count). The molecule has 2 aromatic carbocycles. The lowest BCUT2D eigenvalue weighted by atomic mass is 10.1. The van der Waals surface area contributed by atoms with Gasteiger partial charge in [0.1, 0.15) is 0 Å². The van der Waals surface area contributed by atoms with Gasteiger partial charge in [0.05, 0.1) is 4.90 Å². The molecule has 0 aliphatic carbocycles.